The summed E-state index contributed by atoms with van der Waals surface area (Å²) in [4.78, 5) is 10.6. The SMILES string of the molecule is COc1c(C)c(CCCCCC(=O)O)c(OC)c2ccccc12. The van der Waals surface area contributed by atoms with Crippen LogP contribution >= 0.6 is 0 Å². The van der Waals surface area contributed by atoms with Crippen molar-refractivity contribution in [1.29, 1.82) is 0 Å². The van der Waals surface area contributed by atoms with Crippen molar-refractivity contribution in [3.63, 3.8) is 0 Å². The van der Waals surface area contributed by atoms with Gasteiger partial charge in [-0.25, -0.2) is 0 Å². The molecule has 0 spiro atoms. The van der Waals surface area contributed by atoms with E-state index in [4.69, 9.17) is 14.6 Å². The van der Waals surface area contributed by atoms with E-state index in [9.17, 15) is 4.79 Å². The van der Waals surface area contributed by atoms with Crippen LogP contribution in [0.4, 0.5) is 0 Å². The van der Waals surface area contributed by atoms with Crippen molar-refractivity contribution in [2.45, 2.75) is 39.0 Å². The lowest BCUT2D eigenvalue weighted by Gasteiger charge is -2.18. The molecule has 0 saturated carbocycles. The number of fused-ring (bicyclic) bond motifs is 1. The second-order valence-corrected chi connectivity index (χ2v) is 5.67. The fourth-order valence-corrected chi connectivity index (χ4v) is 3.10. The highest BCUT2D eigenvalue weighted by Gasteiger charge is 2.17. The van der Waals surface area contributed by atoms with Crippen molar-refractivity contribution in [3.05, 3.63) is 35.4 Å². The average Bonchev–Trinajstić information content (AvgIpc) is 2.54. The zero-order valence-electron chi connectivity index (χ0n) is 14.0. The molecule has 0 saturated heterocycles. The van der Waals surface area contributed by atoms with Gasteiger partial charge in [-0.15, -0.1) is 0 Å². The van der Waals surface area contributed by atoms with E-state index in [0.717, 1.165) is 52.7 Å². The Labute approximate surface area is 137 Å². The minimum absolute atomic E-state index is 0.233. The summed E-state index contributed by atoms with van der Waals surface area (Å²) in [5, 5.41) is 10.8. The molecule has 0 amide bonds. The van der Waals surface area contributed by atoms with Gasteiger partial charge < -0.3 is 14.6 Å². The van der Waals surface area contributed by atoms with E-state index in [2.05, 4.69) is 6.92 Å². The van der Waals surface area contributed by atoms with Crippen LogP contribution in [0.2, 0.25) is 0 Å². The molecule has 0 aromatic heterocycles. The van der Waals surface area contributed by atoms with E-state index in [1.54, 1.807) is 14.2 Å². The Hall–Kier alpha value is -2.23. The van der Waals surface area contributed by atoms with Gasteiger partial charge in [-0.3, -0.25) is 4.79 Å². The number of benzene rings is 2. The summed E-state index contributed by atoms with van der Waals surface area (Å²) in [7, 11) is 3.39. The smallest absolute Gasteiger partial charge is 0.303 e. The minimum Gasteiger partial charge on any atom is -0.496 e. The standard InChI is InChI=1S/C19H24O4/c1-13-14(9-5-4-6-12-17(20)21)19(23-3)16-11-8-7-10-15(16)18(13)22-2/h7-8,10-11H,4-6,9,12H2,1-3H3,(H,20,21). The highest BCUT2D eigenvalue weighted by atomic mass is 16.5. The van der Waals surface area contributed by atoms with Gasteiger partial charge in [0.15, 0.2) is 0 Å². The quantitative estimate of drug-likeness (QED) is 0.735. The van der Waals surface area contributed by atoms with Crippen LogP contribution in [-0.4, -0.2) is 25.3 Å². The number of aliphatic carboxylic acids is 1. The molecule has 0 radical (unpaired) electrons. The number of hydrogen-bond donors (Lipinski definition) is 1. The van der Waals surface area contributed by atoms with Crippen molar-refractivity contribution in [3.8, 4) is 11.5 Å². The molecule has 0 aliphatic heterocycles. The van der Waals surface area contributed by atoms with Crippen LogP contribution in [0, 0.1) is 6.92 Å². The number of methoxy groups -OCH3 is 2. The Kier molecular flexibility index (Phi) is 5.85. The Balaban J connectivity index is 2.30. The topological polar surface area (TPSA) is 55.8 Å². The lowest BCUT2D eigenvalue weighted by atomic mass is 9.94. The predicted molar refractivity (Wildman–Crippen MR) is 91.6 cm³/mol. The highest BCUT2D eigenvalue weighted by Crippen LogP contribution is 2.40. The molecule has 2 aromatic carbocycles. The molecular formula is C19H24O4. The Morgan fingerprint density at radius 2 is 1.61 bits per heavy atom. The molecule has 2 rings (SSSR count). The molecule has 1 N–H and O–H groups in total. The number of carbonyl (C=O) groups is 1. The van der Waals surface area contributed by atoms with E-state index in [1.165, 1.54) is 0 Å². The molecule has 2 aromatic rings. The molecule has 124 valence electrons. The first-order chi connectivity index (χ1) is 11.1. The van der Waals surface area contributed by atoms with Crippen LogP contribution in [0.3, 0.4) is 0 Å². The van der Waals surface area contributed by atoms with Gasteiger partial charge in [0.25, 0.3) is 0 Å². The Morgan fingerprint density at radius 3 is 2.17 bits per heavy atom. The van der Waals surface area contributed by atoms with E-state index in [1.807, 2.05) is 24.3 Å². The van der Waals surface area contributed by atoms with Crippen LogP contribution in [0.1, 0.15) is 36.8 Å². The lowest BCUT2D eigenvalue weighted by molar-refractivity contribution is -0.137. The minimum atomic E-state index is -0.730. The maximum atomic E-state index is 10.6. The fourth-order valence-electron chi connectivity index (χ4n) is 3.10. The third-order valence-corrected chi connectivity index (χ3v) is 4.21. The second kappa shape index (κ2) is 7.86. The van der Waals surface area contributed by atoms with Gasteiger partial charge in [0.05, 0.1) is 14.2 Å². The summed E-state index contributed by atoms with van der Waals surface area (Å²) in [6.45, 7) is 2.06. The summed E-state index contributed by atoms with van der Waals surface area (Å²) in [6.07, 6.45) is 3.63. The van der Waals surface area contributed by atoms with E-state index < -0.39 is 5.97 Å². The first-order valence-electron chi connectivity index (χ1n) is 7.94. The summed E-state index contributed by atoms with van der Waals surface area (Å²) < 4.78 is 11.3. The van der Waals surface area contributed by atoms with Gasteiger partial charge in [-0.2, -0.15) is 0 Å². The number of carboxylic acid groups (broad SMARTS) is 1. The fraction of sp³-hybridized carbons (Fsp3) is 0.421. The maximum Gasteiger partial charge on any atom is 0.303 e. The Morgan fingerprint density at radius 1 is 1.00 bits per heavy atom. The highest BCUT2D eigenvalue weighted by molar-refractivity contribution is 5.96. The summed E-state index contributed by atoms with van der Waals surface area (Å²) in [5.74, 6) is 1.06. The maximum absolute atomic E-state index is 10.6. The summed E-state index contributed by atoms with van der Waals surface area (Å²) >= 11 is 0. The average molecular weight is 316 g/mol. The van der Waals surface area contributed by atoms with Crippen molar-refractivity contribution >= 4 is 16.7 Å². The molecule has 0 fully saturated rings. The summed E-state index contributed by atoms with van der Waals surface area (Å²) in [5.41, 5.74) is 2.25. The van der Waals surface area contributed by atoms with Crippen LogP contribution < -0.4 is 9.47 Å². The van der Waals surface area contributed by atoms with E-state index in [-0.39, 0.29) is 6.42 Å². The molecule has 0 unspecified atom stereocenters. The number of unbranched alkanes of at least 4 members (excludes halogenated alkanes) is 2. The molecule has 0 bridgehead atoms. The van der Waals surface area contributed by atoms with Gasteiger partial charge in [0.1, 0.15) is 11.5 Å². The van der Waals surface area contributed by atoms with Crippen LogP contribution in [0.15, 0.2) is 24.3 Å². The molecule has 4 heteroatoms. The summed E-state index contributed by atoms with van der Waals surface area (Å²) in [6, 6.07) is 8.08. The molecule has 0 atom stereocenters. The predicted octanol–water partition coefficient (Wildman–Crippen LogP) is 4.35. The zero-order valence-corrected chi connectivity index (χ0v) is 14.0. The van der Waals surface area contributed by atoms with Crippen molar-refractivity contribution in [1.82, 2.24) is 0 Å². The van der Waals surface area contributed by atoms with Gasteiger partial charge in [-0.05, 0) is 31.7 Å². The molecule has 0 aliphatic carbocycles. The first-order valence-corrected chi connectivity index (χ1v) is 7.94. The van der Waals surface area contributed by atoms with Crippen molar-refractivity contribution in [2.75, 3.05) is 14.2 Å². The second-order valence-electron chi connectivity index (χ2n) is 5.67. The third kappa shape index (κ3) is 3.76. The van der Waals surface area contributed by atoms with Gasteiger partial charge >= 0.3 is 5.97 Å². The van der Waals surface area contributed by atoms with Crippen molar-refractivity contribution < 1.29 is 19.4 Å². The van der Waals surface area contributed by atoms with Crippen LogP contribution in [0.5, 0.6) is 11.5 Å². The normalized spacial score (nSPS) is 10.7. The monoisotopic (exact) mass is 316 g/mol. The number of hydrogen-bond acceptors (Lipinski definition) is 3. The molecule has 0 heterocycles. The largest absolute Gasteiger partial charge is 0.496 e. The molecule has 4 nitrogen and oxygen atoms in total. The van der Waals surface area contributed by atoms with Gasteiger partial charge in [0.2, 0.25) is 0 Å². The number of rotatable bonds is 8. The van der Waals surface area contributed by atoms with Crippen molar-refractivity contribution in [2.24, 2.45) is 0 Å². The van der Waals surface area contributed by atoms with Gasteiger partial charge in [-0.1, -0.05) is 30.7 Å². The Bertz CT molecular complexity index is 691. The number of ether oxygens (including phenoxy) is 2. The third-order valence-electron chi connectivity index (χ3n) is 4.21. The van der Waals surface area contributed by atoms with Crippen LogP contribution in [0.25, 0.3) is 10.8 Å². The lowest BCUT2D eigenvalue weighted by Crippen LogP contribution is -2.01. The van der Waals surface area contributed by atoms with E-state index >= 15 is 0 Å². The zero-order chi connectivity index (χ0) is 16.8. The van der Waals surface area contributed by atoms with E-state index in [0.29, 0.717) is 6.42 Å². The molecular weight excluding hydrogens is 292 g/mol. The first kappa shape index (κ1) is 17.1. The van der Waals surface area contributed by atoms with Gasteiger partial charge in [0, 0.05) is 22.8 Å². The number of carboxylic acids is 1. The molecule has 0 aliphatic rings. The molecule has 23 heavy (non-hydrogen) atoms. The van der Waals surface area contributed by atoms with Crippen LogP contribution in [-0.2, 0) is 11.2 Å².